The average molecular weight is 459 g/mol. The van der Waals surface area contributed by atoms with Crippen LogP contribution in [0.15, 0.2) is 78.9 Å². The zero-order valence-electron chi connectivity index (χ0n) is 19.7. The van der Waals surface area contributed by atoms with Crippen molar-refractivity contribution in [1.82, 2.24) is 5.32 Å². The van der Waals surface area contributed by atoms with Crippen LogP contribution in [-0.4, -0.2) is 36.9 Å². The molecule has 0 aliphatic rings. The number of anilines is 3. The summed E-state index contributed by atoms with van der Waals surface area (Å²) in [6.07, 6.45) is 0. The van der Waals surface area contributed by atoms with E-state index in [0.717, 1.165) is 5.69 Å². The van der Waals surface area contributed by atoms with Gasteiger partial charge in [0.15, 0.2) is 0 Å². The predicted octanol–water partition coefficient (Wildman–Crippen LogP) is 4.54. The Morgan fingerprint density at radius 1 is 0.824 bits per heavy atom. The van der Waals surface area contributed by atoms with Crippen molar-refractivity contribution in [3.63, 3.8) is 0 Å². The fraction of sp³-hybridized carbons (Fsp3) is 0.222. The van der Waals surface area contributed by atoms with Crippen molar-refractivity contribution in [2.45, 2.75) is 26.8 Å². The number of hydrogen-bond donors (Lipinski definition) is 3. The molecule has 7 nitrogen and oxygen atoms in total. The van der Waals surface area contributed by atoms with Gasteiger partial charge in [-0.15, -0.1) is 0 Å². The minimum absolute atomic E-state index is 0.0312. The maximum absolute atomic E-state index is 13.0. The predicted molar refractivity (Wildman–Crippen MR) is 136 cm³/mol. The summed E-state index contributed by atoms with van der Waals surface area (Å²) in [7, 11) is 0. The molecule has 3 aromatic rings. The van der Waals surface area contributed by atoms with E-state index in [9.17, 15) is 14.4 Å². The SMILES string of the molecule is CCN(C(=O)c1cccc(NCC(=O)Nc2ccc(C(=O)NC(C)C)cc2)c1)c1ccccc1. The van der Waals surface area contributed by atoms with Crippen LogP contribution in [-0.2, 0) is 4.79 Å². The van der Waals surface area contributed by atoms with E-state index in [0.29, 0.717) is 29.0 Å². The third-order valence-corrected chi connectivity index (χ3v) is 5.04. The molecule has 3 amide bonds. The summed E-state index contributed by atoms with van der Waals surface area (Å²) in [5.74, 6) is -0.503. The van der Waals surface area contributed by atoms with Crippen molar-refractivity contribution in [3.8, 4) is 0 Å². The highest BCUT2D eigenvalue weighted by Gasteiger charge is 2.16. The fourth-order valence-electron chi connectivity index (χ4n) is 3.41. The molecule has 0 unspecified atom stereocenters. The van der Waals surface area contributed by atoms with Crippen LogP contribution in [0.3, 0.4) is 0 Å². The number of carbonyl (C=O) groups excluding carboxylic acids is 3. The first-order chi connectivity index (χ1) is 16.4. The van der Waals surface area contributed by atoms with Crippen LogP contribution in [0.2, 0.25) is 0 Å². The second kappa shape index (κ2) is 11.7. The molecule has 3 rings (SSSR count). The number of hydrogen-bond acceptors (Lipinski definition) is 4. The normalized spacial score (nSPS) is 10.5. The van der Waals surface area contributed by atoms with Crippen molar-refractivity contribution in [3.05, 3.63) is 90.0 Å². The van der Waals surface area contributed by atoms with E-state index in [1.54, 1.807) is 47.4 Å². The Bertz CT molecular complexity index is 1130. The van der Waals surface area contributed by atoms with Crippen LogP contribution >= 0.6 is 0 Å². The zero-order chi connectivity index (χ0) is 24.5. The van der Waals surface area contributed by atoms with Gasteiger partial charge in [-0.25, -0.2) is 0 Å². The van der Waals surface area contributed by atoms with E-state index >= 15 is 0 Å². The van der Waals surface area contributed by atoms with Gasteiger partial charge < -0.3 is 20.9 Å². The number of nitrogens with one attached hydrogen (secondary N) is 3. The van der Waals surface area contributed by atoms with Crippen LogP contribution in [0, 0.1) is 0 Å². The Kier molecular flexibility index (Phi) is 8.40. The minimum atomic E-state index is -0.240. The van der Waals surface area contributed by atoms with Gasteiger partial charge >= 0.3 is 0 Å². The van der Waals surface area contributed by atoms with Gasteiger partial charge in [-0.05, 0) is 75.4 Å². The van der Waals surface area contributed by atoms with Gasteiger partial charge in [-0.2, -0.15) is 0 Å². The number of para-hydroxylation sites is 1. The molecule has 0 fully saturated rings. The van der Waals surface area contributed by atoms with Crippen molar-refractivity contribution in [1.29, 1.82) is 0 Å². The minimum Gasteiger partial charge on any atom is -0.376 e. The molecular weight excluding hydrogens is 428 g/mol. The van der Waals surface area contributed by atoms with E-state index in [4.69, 9.17) is 0 Å². The summed E-state index contributed by atoms with van der Waals surface area (Å²) in [5, 5.41) is 8.68. The molecule has 0 saturated heterocycles. The maximum atomic E-state index is 13.0. The topological polar surface area (TPSA) is 90.5 Å². The lowest BCUT2D eigenvalue weighted by Gasteiger charge is -2.21. The van der Waals surface area contributed by atoms with Gasteiger partial charge in [0.05, 0.1) is 6.54 Å². The van der Waals surface area contributed by atoms with Gasteiger partial charge in [-0.1, -0.05) is 24.3 Å². The van der Waals surface area contributed by atoms with E-state index in [-0.39, 0.29) is 30.3 Å². The van der Waals surface area contributed by atoms with Crippen LogP contribution in [0.4, 0.5) is 17.1 Å². The Labute approximate surface area is 200 Å². The standard InChI is InChI=1S/C27H30N4O3/c1-4-31(24-11-6-5-7-12-24)27(34)21-9-8-10-23(17-21)28-18-25(32)30-22-15-13-20(14-16-22)26(33)29-19(2)3/h5-17,19,28H,4,18H2,1-3H3,(H,29,33)(H,30,32). The summed E-state index contributed by atoms with van der Waals surface area (Å²) >= 11 is 0. The van der Waals surface area contributed by atoms with Gasteiger partial charge in [0, 0.05) is 40.8 Å². The summed E-state index contributed by atoms with van der Waals surface area (Å²) in [6.45, 7) is 6.30. The lowest BCUT2D eigenvalue weighted by Crippen LogP contribution is -2.30. The van der Waals surface area contributed by atoms with Crippen LogP contribution in [0.25, 0.3) is 0 Å². The maximum Gasteiger partial charge on any atom is 0.258 e. The van der Waals surface area contributed by atoms with E-state index in [1.807, 2.05) is 57.2 Å². The number of benzene rings is 3. The van der Waals surface area contributed by atoms with E-state index in [1.165, 1.54) is 0 Å². The second-order valence-electron chi connectivity index (χ2n) is 8.07. The molecule has 0 aliphatic carbocycles. The molecule has 0 spiro atoms. The smallest absolute Gasteiger partial charge is 0.258 e. The van der Waals surface area contributed by atoms with Gasteiger partial charge in [0.2, 0.25) is 5.91 Å². The first-order valence-electron chi connectivity index (χ1n) is 11.3. The Morgan fingerprint density at radius 2 is 1.53 bits per heavy atom. The molecule has 0 aliphatic heterocycles. The number of nitrogens with zero attached hydrogens (tertiary/aromatic N) is 1. The second-order valence-corrected chi connectivity index (χ2v) is 8.07. The molecule has 3 aromatic carbocycles. The van der Waals surface area contributed by atoms with Gasteiger partial charge in [-0.3, -0.25) is 14.4 Å². The molecule has 0 aromatic heterocycles. The highest BCUT2D eigenvalue weighted by molar-refractivity contribution is 6.06. The molecule has 7 heteroatoms. The molecule has 0 saturated carbocycles. The largest absolute Gasteiger partial charge is 0.376 e. The molecule has 0 heterocycles. The first-order valence-corrected chi connectivity index (χ1v) is 11.3. The highest BCUT2D eigenvalue weighted by Crippen LogP contribution is 2.19. The van der Waals surface area contributed by atoms with Crippen molar-refractivity contribution < 1.29 is 14.4 Å². The molecular formula is C27H30N4O3. The third-order valence-electron chi connectivity index (χ3n) is 5.04. The number of carbonyl (C=O) groups is 3. The summed E-state index contributed by atoms with van der Waals surface area (Å²) in [6, 6.07) is 23.4. The number of rotatable bonds is 9. The summed E-state index contributed by atoms with van der Waals surface area (Å²) in [5.41, 5.74) is 3.17. The van der Waals surface area contributed by atoms with E-state index in [2.05, 4.69) is 16.0 Å². The van der Waals surface area contributed by atoms with Crippen LogP contribution < -0.4 is 20.9 Å². The number of amides is 3. The van der Waals surface area contributed by atoms with E-state index < -0.39 is 0 Å². The first kappa shape index (κ1) is 24.5. The van der Waals surface area contributed by atoms with Crippen LogP contribution in [0.5, 0.6) is 0 Å². The lowest BCUT2D eigenvalue weighted by atomic mass is 10.1. The van der Waals surface area contributed by atoms with Gasteiger partial charge in [0.25, 0.3) is 11.8 Å². The van der Waals surface area contributed by atoms with Gasteiger partial charge in [0.1, 0.15) is 0 Å². The quantitative estimate of drug-likeness (QED) is 0.439. The van der Waals surface area contributed by atoms with Crippen molar-refractivity contribution in [2.24, 2.45) is 0 Å². The molecule has 0 bridgehead atoms. The molecule has 0 atom stereocenters. The Balaban J connectivity index is 1.57. The van der Waals surface area contributed by atoms with Crippen LogP contribution in [0.1, 0.15) is 41.5 Å². The highest BCUT2D eigenvalue weighted by atomic mass is 16.2. The third kappa shape index (κ3) is 6.68. The fourth-order valence-corrected chi connectivity index (χ4v) is 3.41. The van der Waals surface area contributed by atoms with Crippen molar-refractivity contribution in [2.75, 3.05) is 28.6 Å². The Morgan fingerprint density at radius 3 is 2.18 bits per heavy atom. The monoisotopic (exact) mass is 458 g/mol. The zero-order valence-corrected chi connectivity index (χ0v) is 19.7. The molecule has 34 heavy (non-hydrogen) atoms. The van der Waals surface area contributed by atoms with Crippen molar-refractivity contribution >= 4 is 34.8 Å². The lowest BCUT2D eigenvalue weighted by molar-refractivity contribution is -0.114. The summed E-state index contributed by atoms with van der Waals surface area (Å²) in [4.78, 5) is 39.1. The Hall–Kier alpha value is -4.13. The summed E-state index contributed by atoms with van der Waals surface area (Å²) < 4.78 is 0. The molecule has 0 radical (unpaired) electrons. The average Bonchev–Trinajstić information content (AvgIpc) is 2.84. The molecule has 3 N–H and O–H groups in total. The molecule has 176 valence electrons.